The van der Waals surface area contributed by atoms with Crippen LogP contribution in [0.25, 0.3) is 11.6 Å². The summed E-state index contributed by atoms with van der Waals surface area (Å²) in [5.74, 6) is 0.946. The molecular formula is C16H18N6O2. The summed E-state index contributed by atoms with van der Waals surface area (Å²) in [5, 5.41) is 13.3. The van der Waals surface area contributed by atoms with Gasteiger partial charge in [0.1, 0.15) is 12.4 Å². The molecule has 0 spiro atoms. The van der Waals surface area contributed by atoms with Crippen molar-refractivity contribution in [2.75, 3.05) is 0 Å². The van der Waals surface area contributed by atoms with E-state index in [1.807, 2.05) is 39.0 Å². The molecule has 3 rings (SSSR count). The predicted molar refractivity (Wildman–Crippen MR) is 85.9 cm³/mol. The minimum Gasteiger partial charge on any atom is -0.340 e. The van der Waals surface area contributed by atoms with E-state index in [9.17, 15) is 4.79 Å². The average molecular weight is 326 g/mol. The van der Waals surface area contributed by atoms with Crippen LogP contribution in [-0.2, 0) is 0 Å². The summed E-state index contributed by atoms with van der Waals surface area (Å²) in [6.45, 7) is 5.84. The van der Waals surface area contributed by atoms with Crippen LogP contribution in [-0.4, -0.2) is 31.2 Å². The van der Waals surface area contributed by atoms with Gasteiger partial charge < -0.3 is 9.84 Å². The molecular weight excluding hydrogens is 308 g/mol. The summed E-state index contributed by atoms with van der Waals surface area (Å²) in [5.41, 5.74) is 1.53. The van der Waals surface area contributed by atoms with E-state index in [4.69, 9.17) is 4.52 Å². The third-order valence-corrected chi connectivity index (χ3v) is 3.68. The molecule has 2 aromatic heterocycles. The Labute approximate surface area is 138 Å². The molecule has 0 aliphatic carbocycles. The molecule has 3 aromatic rings. The second-order valence-corrected chi connectivity index (χ2v) is 5.80. The van der Waals surface area contributed by atoms with E-state index < -0.39 is 6.04 Å². The zero-order valence-electron chi connectivity index (χ0n) is 13.6. The molecule has 0 radical (unpaired) electrons. The number of hydrogen-bond donors (Lipinski definition) is 2. The smallest absolute Gasteiger partial charge is 0.252 e. The fraction of sp³-hybridized carbons (Fsp3) is 0.312. The second-order valence-electron chi connectivity index (χ2n) is 5.80. The van der Waals surface area contributed by atoms with Crippen molar-refractivity contribution in [1.82, 2.24) is 30.6 Å². The minimum absolute atomic E-state index is 0.0704. The number of hydrogen-bond acceptors (Lipinski definition) is 6. The van der Waals surface area contributed by atoms with Crippen molar-refractivity contribution in [3.8, 4) is 11.6 Å². The first kappa shape index (κ1) is 15.9. The SMILES string of the molecule is Cc1ccccc1C(=O)N[C@@H](c1nc(-c2ncn[nH]2)no1)C(C)C. The van der Waals surface area contributed by atoms with Gasteiger partial charge in [-0.1, -0.05) is 37.2 Å². The molecule has 0 saturated carbocycles. The van der Waals surface area contributed by atoms with Crippen molar-refractivity contribution in [3.63, 3.8) is 0 Å². The number of aromatic amines is 1. The van der Waals surface area contributed by atoms with Crippen LogP contribution in [0.5, 0.6) is 0 Å². The topological polar surface area (TPSA) is 110 Å². The van der Waals surface area contributed by atoms with Gasteiger partial charge in [-0.2, -0.15) is 10.1 Å². The van der Waals surface area contributed by atoms with Crippen molar-refractivity contribution < 1.29 is 9.32 Å². The molecule has 0 unspecified atom stereocenters. The van der Waals surface area contributed by atoms with Crippen LogP contribution < -0.4 is 5.32 Å². The number of aryl methyl sites for hydroxylation is 1. The summed E-state index contributed by atoms with van der Waals surface area (Å²) in [7, 11) is 0. The number of rotatable bonds is 5. The molecule has 8 heteroatoms. The van der Waals surface area contributed by atoms with E-state index in [1.54, 1.807) is 6.07 Å². The van der Waals surface area contributed by atoms with Crippen molar-refractivity contribution in [1.29, 1.82) is 0 Å². The number of aromatic nitrogens is 5. The Morgan fingerprint density at radius 3 is 2.75 bits per heavy atom. The molecule has 0 aliphatic rings. The highest BCUT2D eigenvalue weighted by Gasteiger charge is 2.26. The second kappa shape index (κ2) is 6.61. The minimum atomic E-state index is -0.402. The fourth-order valence-corrected chi connectivity index (χ4v) is 2.33. The predicted octanol–water partition coefficient (Wildman–Crippen LogP) is 2.29. The number of carbonyl (C=O) groups is 1. The number of nitrogens with one attached hydrogen (secondary N) is 2. The van der Waals surface area contributed by atoms with Crippen molar-refractivity contribution in [3.05, 3.63) is 47.6 Å². The Morgan fingerprint density at radius 1 is 1.29 bits per heavy atom. The molecule has 2 heterocycles. The van der Waals surface area contributed by atoms with E-state index in [0.29, 0.717) is 23.1 Å². The molecule has 1 amide bonds. The molecule has 1 atom stereocenters. The lowest BCUT2D eigenvalue weighted by atomic mass is 10.0. The number of benzene rings is 1. The number of carbonyl (C=O) groups excluding carboxylic acids is 1. The Balaban J connectivity index is 1.83. The Morgan fingerprint density at radius 2 is 2.08 bits per heavy atom. The highest BCUT2D eigenvalue weighted by molar-refractivity contribution is 5.95. The molecule has 8 nitrogen and oxygen atoms in total. The third-order valence-electron chi connectivity index (χ3n) is 3.68. The van der Waals surface area contributed by atoms with Crippen LogP contribution in [0, 0.1) is 12.8 Å². The van der Waals surface area contributed by atoms with Gasteiger partial charge in [0.25, 0.3) is 5.91 Å². The van der Waals surface area contributed by atoms with Gasteiger partial charge in [-0.15, -0.1) is 0 Å². The molecule has 0 fully saturated rings. The molecule has 0 aliphatic heterocycles. The van der Waals surface area contributed by atoms with Crippen molar-refractivity contribution in [2.45, 2.75) is 26.8 Å². The zero-order chi connectivity index (χ0) is 17.1. The molecule has 2 N–H and O–H groups in total. The van der Waals surface area contributed by atoms with Gasteiger partial charge in [-0.3, -0.25) is 9.89 Å². The lowest BCUT2D eigenvalue weighted by Crippen LogP contribution is -2.32. The first-order chi connectivity index (χ1) is 11.6. The Kier molecular flexibility index (Phi) is 4.37. The summed E-state index contributed by atoms with van der Waals surface area (Å²) >= 11 is 0. The summed E-state index contributed by atoms with van der Waals surface area (Å²) in [4.78, 5) is 20.9. The largest absolute Gasteiger partial charge is 0.340 e. The van der Waals surface area contributed by atoms with Crippen molar-refractivity contribution >= 4 is 5.91 Å². The first-order valence-electron chi connectivity index (χ1n) is 7.62. The molecule has 1 aromatic carbocycles. The van der Waals surface area contributed by atoms with Gasteiger partial charge in [0.15, 0.2) is 5.82 Å². The highest BCUT2D eigenvalue weighted by Crippen LogP contribution is 2.23. The van der Waals surface area contributed by atoms with E-state index >= 15 is 0 Å². The Hall–Kier alpha value is -3.03. The van der Waals surface area contributed by atoms with Crippen LogP contribution in [0.2, 0.25) is 0 Å². The summed E-state index contributed by atoms with van der Waals surface area (Å²) < 4.78 is 5.32. The number of amides is 1. The normalized spacial score (nSPS) is 12.3. The van der Waals surface area contributed by atoms with Crippen molar-refractivity contribution in [2.24, 2.45) is 5.92 Å². The van der Waals surface area contributed by atoms with Crippen LogP contribution in [0.3, 0.4) is 0 Å². The number of H-pyrrole nitrogens is 1. The van der Waals surface area contributed by atoms with Gasteiger partial charge in [-0.05, 0) is 24.5 Å². The standard InChI is InChI=1S/C16H18N6O2/c1-9(2)12(19-15(23)11-7-5-4-6-10(11)3)16-20-14(22-24-16)13-17-8-18-21-13/h4-9,12H,1-3H3,(H,19,23)(H,17,18,21)/t12-/m1/s1. The van der Waals surface area contributed by atoms with Gasteiger partial charge in [0, 0.05) is 5.56 Å². The van der Waals surface area contributed by atoms with Crippen LogP contribution in [0.1, 0.15) is 41.7 Å². The summed E-state index contributed by atoms with van der Waals surface area (Å²) in [6.07, 6.45) is 1.37. The quantitative estimate of drug-likeness (QED) is 0.744. The summed E-state index contributed by atoms with van der Waals surface area (Å²) in [6, 6.07) is 7.01. The lowest BCUT2D eigenvalue weighted by molar-refractivity contribution is 0.0913. The zero-order valence-corrected chi connectivity index (χ0v) is 13.6. The van der Waals surface area contributed by atoms with Crippen LogP contribution >= 0.6 is 0 Å². The molecule has 24 heavy (non-hydrogen) atoms. The first-order valence-corrected chi connectivity index (χ1v) is 7.62. The van der Waals surface area contributed by atoms with E-state index in [2.05, 4.69) is 30.6 Å². The molecule has 0 bridgehead atoms. The van der Waals surface area contributed by atoms with E-state index in [1.165, 1.54) is 6.33 Å². The molecule has 0 saturated heterocycles. The maximum atomic E-state index is 12.6. The maximum Gasteiger partial charge on any atom is 0.252 e. The average Bonchev–Trinajstić information content (AvgIpc) is 3.23. The van der Waals surface area contributed by atoms with E-state index in [-0.39, 0.29) is 11.8 Å². The lowest BCUT2D eigenvalue weighted by Gasteiger charge is -2.19. The van der Waals surface area contributed by atoms with Gasteiger partial charge in [0.05, 0.1) is 0 Å². The van der Waals surface area contributed by atoms with E-state index in [0.717, 1.165) is 5.56 Å². The molecule has 124 valence electrons. The van der Waals surface area contributed by atoms with Gasteiger partial charge >= 0.3 is 0 Å². The maximum absolute atomic E-state index is 12.6. The fourth-order valence-electron chi connectivity index (χ4n) is 2.33. The monoisotopic (exact) mass is 326 g/mol. The van der Waals surface area contributed by atoms with Gasteiger partial charge in [-0.25, -0.2) is 4.98 Å². The van der Waals surface area contributed by atoms with Gasteiger partial charge in [0.2, 0.25) is 11.7 Å². The van der Waals surface area contributed by atoms with Crippen LogP contribution in [0.4, 0.5) is 0 Å². The third kappa shape index (κ3) is 3.17. The number of nitrogens with zero attached hydrogens (tertiary/aromatic N) is 4. The Bertz CT molecular complexity index is 825. The van der Waals surface area contributed by atoms with Crippen LogP contribution in [0.15, 0.2) is 35.1 Å². The highest BCUT2D eigenvalue weighted by atomic mass is 16.5.